The number of nitrogens with zero attached hydrogens (tertiary/aromatic N) is 1. The highest BCUT2D eigenvalue weighted by atomic mass is 35.5. The lowest BCUT2D eigenvalue weighted by molar-refractivity contribution is -0.145. The molecule has 0 aromatic heterocycles. The Labute approximate surface area is 253 Å². The maximum absolute atomic E-state index is 13.4. The second-order valence-corrected chi connectivity index (χ2v) is 12.9. The van der Waals surface area contributed by atoms with Gasteiger partial charge in [-0.15, -0.1) is 0 Å². The molecule has 2 rings (SSSR count). The van der Waals surface area contributed by atoms with Gasteiger partial charge in [-0.2, -0.15) is 0 Å². The van der Waals surface area contributed by atoms with Crippen LogP contribution in [0.15, 0.2) is 24.3 Å². The predicted molar refractivity (Wildman–Crippen MR) is 158 cm³/mol. The zero-order chi connectivity index (χ0) is 31.1. The zero-order valence-corrected chi connectivity index (χ0v) is 26.1. The van der Waals surface area contributed by atoms with Crippen LogP contribution in [0.1, 0.15) is 63.9 Å². The molecule has 1 aliphatic rings. The van der Waals surface area contributed by atoms with Crippen LogP contribution in [0.3, 0.4) is 0 Å². The molecule has 0 aliphatic heterocycles. The van der Waals surface area contributed by atoms with Crippen molar-refractivity contribution in [1.82, 2.24) is 20.3 Å². The summed E-state index contributed by atoms with van der Waals surface area (Å²) < 4.78 is 35.7. The number of likely N-dealkylation sites (N-methyl/N-ethyl adjacent to an activating group) is 1. The van der Waals surface area contributed by atoms with Crippen molar-refractivity contribution < 1.29 is 37.1 Å². The van der Waals surface area contributed by atoms with Gasteiger partial charge in [-0.3, -0.25) is 9.59 Å². The summed E-state index contributed by atoms with van der Waals surface area (Å²) in [5, 5.41) is 5.80. The number of halogens is 1. The molecule has 2 atom stereocenters. The third kappa shape index (κ3) is 13.0. The first-order valence-corrected chi connectivity index (χ1v) is 16.2. The summed E-state index contributed by atoms with van der Waals surface area (Å²) in [5.41, 5.74) is 0.689. The van der Waals surface area contributed by atoms with E-state index >= 15 is 0 Å². The average molecular weight is 631 g/mol. The summed E-state index contributed by atoms with van der Waals surface area (Å²) in [6, 6.07) is 4.78. The highest BCUT2D eigenvalue weighted by Crippen LogP contribution is 2.27. The van der Waals surface area contributed by atoms with Crippen LogP contribution in [0, 0.1) is 5.92 Å². The fourth-order valence-corrected chi connectivity index (χ4v) is 5.48. The normalized spacial score (nSPS) is 15.2. The summed E-state index contributed by atoms with van der Waals surface area (Å²) in [4.78, 5) is 52.5. The van der Waals surface area contributed by atoms with Crippen LogP contribution in [0.4, 0.5) is 4.79 Å². The smallest absolute Gasteiger partial charge is 0.408 e. The molecule has 12 nitrogen and oxygen atoms in total. The van der Waals surface area contributed by atoms with Crippen molar-refractivity contribution in [2.75, 3.05) is 33.0 Å². The largest absolute Gasteiger partial charge is 0.467 e. The monoisotopic (exact) mass is 630 g/mol. The van der Waals surface area contributed by atoms with Crippen molar-refractivity contribution in [2.45, 2.75) is 77.0 Å². The summed E-state index contributed by atoms with van der Waals surface area (Å²) in [6.07, 6.45) is 4.52. The first-order valence-electron chi connectivity index (χ1n) is 14.2. The second kappa shape index (κ2) is 17.9. The van der Waals surface area contributed by atoms with Crippen LogP contribution in [-0.4, -0.2) is 82.3 Å². The number of sulfonamides is 1. The maximum atomic E-state index is 13.4. The van der Waals surface area contributed by atoms with E-state index in [1.807, 2.05) is 0 Å². The van der Waals surface area contributed by atoms with Gasteiger partial charge < -0.3 is 25.0 Å². The number of esters is 1. The van der Waals surface area contributed by atoms with Gasteiger partial charge in [0.05, 0.1) is 12.9 Å². The van der Waals surface area contributed by atoms with E-state index in [0.29, 0.717) is 17.0 Å². The van der Waals surface area contributed by atoms with E-state index in [4.69, 9.17) is 21.1 Å². The topological polar surface area (TPSA) is 160 Å². The van der Waals surface area contributed by atoms with Crippen LogP contribution in [0.25, 0.3) is 0 Å². The standard InChI is InChI=1S/C28H43ClN4O8S/c1-4-42(38,39)30-15-16-33(2)25(34)14-13-23(27(36)40-3)31-26(35)24(18-20-9-6-5-7-10-20)32-28(37)41-19-21-11-8-12-22(29)17-21/h8,11-12,17,20,23-24,30H,4-7,9-10,13-16,18-19H2,1-3H3,(H,31,35)(H,32,37). The third-order valence-corrected chi connectivity index (χ3v) is 8.82. The minimum atomic E-state index is -3.38. The molecule has 3 N–H and O–H groups in total. The van der Waals surface area contributed by atoms with Gasteiger partial charge in [0.15, 0.2) is 0 Å². The van der Waals surface area contributed by atoms with Crippen LogP contribution in [-0.2, 0) is 40.5 Å². The minimum absolute atomic E-state index is 0.0372. The Balaban J connectivity index is 2.00. The molecule has 2 unspecified atom stereocenters. The Kier molecular flexibility index (Phi) is 15.1. The van der Waals surface area contributed by atoms with Gasteiger partial charge in [0.25, 0.3) is 0 Å². The SMILES string of the molecule is CCS(=O)(=O)NCCN(C)C(=O)CCC(NC(=O)C(CC1CCCCC1)NC(=O)OCc1cccc(Cl)c1)C(=O)OC. The van der Waals surface area contributed by atoms with Crippen molar-refractivity contribution in [3.8, 4) is 0 Å². The van der Waals surface area contributed by atoms with Crippen molar-refractivity contribution in [3.63, 3.8) is 0 Å². The van der Waals surface area contributed by atoms with E-state index in [-0.39, 0.29) is 50.1 Å². The van der Waals surface area contributed by atoms with Gasteiger partial charge in [0.2, 0.25) is 21.8 Å². The molecular weight excluding hydrogens is 588 g/mol. The van der Waals surface area contributed by atoms with Crippen LogP contribution in [0.5, 0.6) is 0 Å². The molecule has 1 aliphatic carbocycles. The molecule has 1 aromatic rings. The summed E-state index contributed by atoms with van der Waals surface area (Å²) in [6.45, 7) is 1.66. The molecule has 0 spiro atoms. The number of hydrogen-bond donors (Lipinski definition) is 3. The third-order valence-electron chi connectivity index (χ3n) is 7.19. The maximum Gasteiger partial charge on any atom is 0.408 e. The molecule has 1 saturated carbocycles. The molecule has 236 valence electrons. The van der Waals surface area contributed by atoms with Gasteiger partial charge in [0.1, 0.15) is 18.7 Å². The van der Waals surface area contributed by atoms with Crippen molar-refractivity contribution in [2.24, 2.45) is 5.92 Å². The molecule has 0 radical (unpaired) electrons. The van der Waals surface area contributed by atoms with Crippen molar-refractivity contribution >= 4 is 45.5 Å². The van der Waals surface area contributed by atoms with E-state index in [2.05, 4.69) is 15.4 Å². The minimum Gasteiger partial charge on any atom is -0.467 e. The number of carbonyl (C=O) groups is 4. The van der Waals surface area contributed by atoms with E-state index in [0.717, 1.165) is 32.1 Å². The van der Waals surface area contributed by atoms with Gasteiger partial charge in [0, 0.05) is 31.6 Å². The van der Waals surface area contributed by atoms with Crippen LogP contribution < -0.4 is 15.4 Å². The number of amides is 3. The lowest BCUT2D eigenvalue weighted by Crippen LogP contribution is -2.52. The Morgan fingerprint density at radius 2 is 1.81 bits per heavy atom. The Morgan fingerprint density at radius 3 is 2.45 bits per heavy atom. The molecule has 0 saturated heterocycles. The fourth-order valence-electron chi connectivity index (χ4n) is 4.67. The number of carbonyl (C=O) groups excluding carboxylic acids is 4. The summed E-state index contributed by atoms with van der Waals surface area (Å²) >= 11 is 5.99. The lowest BCUT2D eigenvalue weighted by atomic mass is 9.84. The molecule has 42 heavy (non-hydrogen) atoms. The Morgan fingerprint density at radius 1 is 1.10 bits per heavy atom. The number of nitrogens with one attached hydrogen (secondary N) is 3. The molecule has 14 heteroatoms. The number of hydrogen-bond acceptors (Lipinski definition) is 8. The number of ether oxygens (including phenoxy) is 2. The summed E-state index contributed by atoms with van der Waals surface area (Å²) in [7, 11) is -0.681. The lowest BCUT2D eigenvalue weighted by Gasteiger charge is -2.27. The van der Waals surface area contributed by atoms with Crippen LogP contribution >= 0.6 is 11.6 Å². The van der Waals surface area contributed by atoms with Crippen molar-refractivity contribution in [1.29, 1.82) is 0 Å². The molecule has 1 aromatic carbocycles. The van der Waals surface area contributed by atoms with Crippen molar-refractivity contribution in [3.05, 3.63) is 34.9 Å². The van der Waals surface area contributed by atoms with Crippen LogP contribution in [0.2, 0.25) is 5.02 Å². The van der Waals surface area contributed by atoms with Gasteiger partial charge in [-0.25, -0.2) is 22.7 Å². The first kappa shape index (κ1) is 35.3. The second-order valence-electron chi connectivity index (χ2n) is 10.4. The average Bonchev–Trinajstić information content (AvgIpc) is 2.97. The molecule has 0 bridgehead atoms. The zero-order valence-electron chi connectivity index (χ0n) is 24.5. The molecule has 1 fully saturated rings. The number of alkyl carbamates (subject to hydrolysis) is 1. The number of rotatable bonds is 16. The fraction of sp³-hybridized carbons (Fsp3) is 0.643. The van der Waals surface area contributed by atoms with Gasteiger partial charge in [-0.05, 0) is 43.4 Å². The van der Waals surface area contributed by atoms with E-state index < -0.39 is 40.1 Å². The molecule has 0 heterocycles. The van der Waals surface area contributed by atoms with E-state index in [1.165, 1.54) is 26.0 Å². The Hall–Kier alpha value is -2.90. The Bertz CT molecular complexity index is 1160. The van der Waals surface area contributed by atoms with Gasteiger partial charge in [-0.1, -0.05) is 55.8 Å². The molecule has 3 amide bonds. The molecular formula is C28H43ClN4O8S. The highest BCUT2D eigenvalue weighted by molar-refractivity contribution is 7.89. The highest BCUT2D eigenvalue weighted by Gasteiger charge is 2.31. The number of benzene rings is 1. The predicted octanol–water partition coefficient (Wildman–Crippen LogP) is 2.74. The first-order chi connectivity index (χ1) is 19.9. The van der Waals surface area contributed by atoms with Gasteiger partial charge >= 0.3 is 12.1 Å². The van der Waals surface area contributed by atoms with E-state index in [1.54, 1.807) is 24.3 Å². The summed E-state index contributed by atoms with van der Waals surface area (Å²) in [5.74, 6) is -1.49. The quantitative estimate of drug-likeness (QED) is 0.235. The van der Waals surface area contributed by atoms with E-state index in [9.17, 15) is 27.6 Å². The number of methoxy groups -OCH3 is 1.